The van der Waals surface area contributed by atoms with Crippen LogP contribution in [0.4, 0.5) is 13.2 Å². The standard InChI is InChI=1S/C11H10F3NO2/c1-7-3-5-8(6-4-7)9(15-17-2)10(16)11(12,13)14/h3-6H,1-2H3/b15-9+. The maximum Gasteiger partial charge on any atom is 0.456 e. The first kappa shape index (κ1) is 13.2. The first-order chi connectivity index (χ1) is 7.86. The summed E-state index contributed by atoms with van der Waals surface area (Å²) in [6.45, 7) is 1.78. The second-order valence-electron chi connectivity index (χ2n) is 3.32. The number of hydrogen-bond donors (Lipinski definition) is 0. The van der Waals surface area contributed by atoms with Gasteiger partial charge in [-0.1, -0.05) is 35.0 Å². The molecular formula is C11H10F3NO2. The largest absolute Gasteiger partial charge is 0.456 e. The highest BCUT2D eigenvalue weighted by Gasteiger charge is 2.42. The van der Waals surface area contributed by atoms with E-state index in [1.807, 2.05) is 0 Å². The summed E-state index contributed by atoms with van der Waals surface area (Å²) in [6, 6.07) is 5.95. The summed E-state index contributed by atoms with van der Waals surface area (Å²) in [5.41, 5.74) is 0.185. The molecule has 0 N–H and O–H groups in total. The third kappa shape index (κ3) is 3.30. The Morgan fingerprint density at radius 2 is 1.76 bits per heavy atom. The fraction of sp³-hybridized carbons (Fsp3) is 0.273. The van der Waals surface area contributed by atoms with Crippen molar-refractivity contribution in [1.29, 1.82) is 0 Å². The third-order valence-electron chi connectivity index (χ3n) is 1.98. The predicted molar refractivity (Wildman–Crippen MR) is 55.8 cm³/mol. The molecule has 0 saturated carbocycles. The van der Waals surface area contributed by atoms with Crippen molar-refractivity contribution in [2.24, 2.45) is 5.16 Å². The van der Waals surface area contributed by atoms with Crippen molar-refractivity contribution in [1.82, 2.24) is 0 Å². The summed E-state index contributed by atoms with van der Waals surface area (Å²) in [5.74, 6) is -2.02. The monoisotopic (exact) mass is 245 g/mol. The molecule has 0 aliphatic heterocycles. The van der Waals surface area contributed by atoms with E-state index in [9.17, 15) is 18.0 Å². The molecule has 17 heavy (non-hydrogen) atoms. The molecule has 0 saturated heterocycles. The third-order valence-corrected chi connectivity index (χ3v) is 1.98. The lowest BCUT2D eigenvalue weighted by molar-refractivity contribution is -0.163. The van der Waals surface area contributed by atoms with Gasteiger partial charge in [0.2, 0.25) is 0 Å². The van der Waals surface area contributed by atoms with Crippen molar-refractivity contribution >= 4 is 11.5 Å². The zero-order valence-electron chi connectivity index (χ0n) is 9.21. The highest BCUT2D eigenvalue weighted by molar-refractivity contribution is 6.47. The van der Waals surface area contributed by atoms with Crippen LogP contribution in [0.5, 0.6) is 0 Å². The SMILES string of the molecule is CO/N=C(/C(=O)C(F)(F)F)c1ccc(C)cc1. The average molecular weight is 245 g/mol. The molecule has 0 unspecified atom stereocenters. The van der Waals surface area contributed by atoms with Crippen molar-refractivity contribution < 1.29 is 22.8 Å². The second kappa shape index (κ2) is 4.99. The molecule has 3 nitrogen and oxygen atoms in total. The number of rotatable bonds is 3. The topological polar surface area (TPSA) is 38.7 Å². The van der Waals surface area contributed by atoms with Gasteiger partial charge in [-0.05, 0) is 6.92 Å². The minimum Gasteiger partial charge on any atom is -0.399 e. The number of ketones is 1. The molecule has 92 valence electrons. The Bertz CT molecular complexity index is 435. The number of nitrogens with zero attached hydrogens (tertiary/aromatic N) is 1. The van der Waals surface area contributed by atoms with Crippen LogP contribution >= 0.6 is 0 Å². The maximum absolute atomic E-state index is 12.3. The van der Waals surface area contributed by atoms with Crippen molar-refractivity contribution in [3.05, 3.63) is 35.4 Å². The molecule has 0 spiro atoms. The van der Waals surface area contributed by atoms with Gasteiger partial charge in [0.15, 0.2) is 5.71 Å². The number of alkyl halides is 3. The molecule has 0 aliphatic rings. The highest BCUT2D eigenvalue weighted by Crippen LogP contribution is 2.19. The van der Waals surface area contributed by atoms with Gasteiger partial charge in [0.25, 0.3) is 5.78 Å². The van der Waals surface area contributed by atoms with E-state index in [1.54, 1.807) is 19.1 Å². The second-order valence-corrected chi connectivity index (χ2v) is 3.32. The van der Waals surface area contributed by atoms with Crippen LogP contribution in [0.2, 0.25) is 0 Å². The van der Waals surface area contributed by atoms with E-state index in [1.165, 1.54) is 12.1 Å². The summed E-state index contributed by atoms with van der Waals surface area (Å²) < 4.78 is 36.9. The number of Topliss-reactive ketones (excluding diaryl/α,β-unsaturated/α-hetero) is 1. The fourth-order valence-corrected chi connectivity index (χ4v) is 1.16. The van der Waals surface area contributed by atoms with E-state index < -0.39 is 17.7 Å². The molecule has 0 bridgehead atoms. The Morgan fingerprint density at radius 1 is 1.24 bits per heavy atom. The van der Waals surface area contributed by atoms with E-state index in [2.05, 4.69) is 9.99 Å². The van der Waals surface area contributed by atoms with E-state index in [0.29, 0.717) is 0 Å². The van der Waals surface area contributed by atoms with Crippen molar-refractivity contribution in [3.8, 4) is 0 Å². The predicted octanol–water partition coefficient (Wildman–Crippen LogP) is 2.48. The number of aryl methyl sites for hydroxylation is 1. The van der Waals surface area contributed by atoms with Crippen LogP contribution in [0.15, 0.2) is 29.4 Å². The van der Waals surface area contributed by atoms with Gasteiger partial charge >= 0.3 is 6.18 Å². The highest BCUT2D eigenvalue weighted by atomic mass is 19.4. The molecule has 1 aromatic rings. The van der Waals surface area contributed by atoms with Crippen molar-refractivity contribution in [2.75, 3.05) is 7.11 Å². The number of halogens is 3. The normalized spacial score (nSPS) is 12.4. The van der Waals surface area contributed by atoms with E-state index in [4.69, 9.17) is 0 Å². The smallest absolute Gasteiger partial charge is 0.399 e. The number of benzene rings is 1. The minimum absolute atomic E-state index is 0.0692. The molecule has 1 aromatic carbocycles. The van der Waals surface area contributed by atoms with E-state index in [-0.39, 0.29) is 5.56 Å². The van der Waals surface area contributed by atoms with Gasteiger partial charge in [0.05, 0.1) is 0 Å². The lowest BCUT2D eigenvalue weighted by atomic mass is 10.0. The molecule has 0 heterocycles. The van der Waals surface area contributed by atoms with Gasteiger partial charge in [0.1, 0.15) is 7.11 Å². The van der Waals surface area contributed by atoms with Crippen LogP contribution < -0.4 is 0 Å². The summed E-state index contributed by atoms with van der Waals surface area (Å²) in [4.78, 5) is 15.4. The van der Waals surface area contributed by atoms with E-state index in [0.717, 1.165) is 12.7 Å². The van der Waals surface area contributed by atoms with Gasteiger partial charge in [-0.2, -0.15) is 13.2 Å². The molecule has 0 radical (unpaired) electrons. The summed E-state index contributed by atoms with van der Waals surface area (Å²) in [5, 5.41) is 3.14. The maximum atomic E-state index is 12.3. The Labute approximate surface area is 95.9 Å². The first-order valence-electron chi connectivity index (χ1n) is 4.66. The molecule has 6 heteroatoms. The first-order valence-corrected chi connectivity index (χ1v) is 4.66. The van der Waals surface area contributed by atoms with Gasteiger partial charge in [-0.25, -0.2) is 0 Å². The van der Waals surface area contributed by atoms with Crippen LogP contribution in [0.1, 0.15) is 11.1 Å². The molecular weight excluding hydrogens is 235 g/mol. The quantitative estimate of drug-likeness (QED) is 0.606. The van der Waals surface area contributed by atoms with Gasteiger partial charge in [-0.15, -0.1) is 0 Å². The average Bonchev–Trinajstić information content (AvgIpc) is 2.25. The Balaban J connectivity index is 3.16. The molecule has 0 amide bonds. The number of carbonyl (C=O) groups excluding carboxylic acids is 1. The summed E-state index contributed by atoms with van der Waals surface area (Å²) in [7, 11) is 1.08. The molecule has 1 rings (SSSR count). The number of hydrogen-bond acceptors (Lipinski definition) is 3. The fourth-order valence-electron chi connectivity index (χ4n) is 1.16. The lowest BCUT2D eigenvalue weighted by Crippen LogP contribution is -2.31. The molecule has 0 aromatic heterocycles. The zero-order chi connectivity index (χ0) is 13.1. The van der Waals surface area contributed by atoms with Crippen LogP contribution in [0.3, 0.4) is 0 Å². The number of carbonyl (C=O) groups is 1. The van der Waals surface area contributed by atoms with Crippen molar-refractivity contribution in [2.45, 2.75) is 13.1 Å². The van der Waals surface area contributed by atoms with Crippen LogP contribution in [0, 0.1) is 6.92 Å². The van der Waals surface area contributed by atoms with Gasteiger partial charge in [0, 0.05) is 5.56 Å². The van der Waals surface area contributed by atoms with Crippen LogP contribution in [-0.2, 0) is 9.63 Å². The minimum atomic E-state index is -4.97. The Hall–Kier alpha value is -1.85. The Morgan fingerprint density at radius 3 is 2.18 bits per heavy atom. The van der Waals surface area contributed by atoms with Crippen LogP contribution in [-0.4, -0.2) is 24.8 Å². The summed E-state index contributed by atoms with van der Waals surface area (Å²) >= 11 is 0. The van der Waals surface area contributed by atoms with Gasteiger partial charge < -0.3 is 4.84 Å². The van der Waals surface area contributed by atoms with Crippen LogP contribution in [0.25, 0.3) is 0 Å². The number of oxime groups is 1. The molecule has 0 atom stereocenters. The van der Waals surface area contributed by atoms with Crippen molar-refractivity contribution in [3.63, 3.8) is 0 Å². The summed E-state index contributed by atoms with van der Waals surface area (Å²) in [6.07, 6.45) is -4.97. The van der Waals surface area contributed by atoms with Gasteiger partial charge in [-0.3, -0.25) is 4.79 Å². The van der Waals surface area contributed by atoms with E-state index >= 15 is 0 Å². The Kier molecular flexibility index (Phi) is 3.88. The zero-order valence-corrected chi connectivity index (χ0v) is 9.21. The lowest BCUT2D eigenvalue weighted by Gasteiger charge is -2.08. The molecule has 0 aliphatic carbocycles. The molecule has 0 fully saturated rings.